The first-order valence-corrected chi connectivity index (χ1v) is 9.89. The van der Waals surface area contributed by atoms with Crippen molar-refractivity contribution in [2.75, 3.05) is 12.8 Å². The number of aryl methyl sites for hydroxylation is 3. The Hall–Kier alpha value is -1.88. The Morgan fingerprint density at radius 1 is 1.12 bits per heavy atom. The summed E-state index contributed by atoms with van der Waals surface area (Å²) in [6.45, 7) is 9.50. The Morgan fingerprint density at radius 3 is 2.32 bits per heavy atom. The van der Waals surface area contributed by atoms with Crippen molar-refractivity contribution < 1.29 is 4.79 Å². The number of carbonyl (C=O) groups excluding carboxylic acids is 1. The summed E-state index contributed by atoms with van der Waals surface area (Å²) >= 11 is 1.54. The molecule has 0 aliphatic rings. The summed E-state index contributed by atoms with van der Waals surface area (Å²) in [4.78, 5) is 23.6. The van der Waals surface area contributed by atoms with E-state index in [-0.39, 0.29) is 5.91 Å². The molecule has 0 fully saturated rings. The minimum atomic E-state index is 0.179. The predicted molar refractivity (Wildman–Crippen MR) is 104 cm³/mol. The van der Waals surface area contributed by atoms with E-state index in [0.717, 1.165) is 22.1 Å². The van der Waals surface area contributed by atoms with Crippen LogP contribution in [0.2, 0.25) is 0 Å². The fourth-order valence-electron chi connectivity index (χ4n) is 2.92. The van der Waals surface area contributed by atoms with Gasteiger partial charge < -0.3 is 4.90 Å². The Kier molecular flexibility index (Phi) is 7.00. The SMILES string of the molecule is CCN(Cc1ccccc1C)C(=O)CCc1c(C)nc(SC)nc1C. The summed E-state index contributed by atoms with van der Waals surface area (Å²) in [6, 6.07) is 8.23. The van der Waals surface area contributed by atoms with Crippen LogP contribution in [-0.2, 0) is 17.8 Å². The molecule has 0 atom stereocenters. The zero-order valence-electron chi connectivity index (χ0n) is 15.8. The van der Waals surface area contributed by atoms with Crippen LogP contribution >= 0.6 is 11.8 Å². The number of hydrogen-bond acceptors (Lipinski definition) is 4. The van der Waals surface area contributed by atoms with E-state index in [2.05, 4.69) is 29.0 Å². The lowest BCUT2D eigenvalue weighted by atomic mass is 10.1. The fourth-order valence-corrected chi connectivity index (χ4v) is 3.38. The second kappa shape index (κ2) is 8.99. The quantitative estimate of drug-likeness (QED) is 0.553. The van der Waals surface area contributed by atoms with Crippen LogP contribution < -0.4 is 0 Å². The van der Waals surface area contributed by atoms with Gasteiger partial charge in [-0.1, -0.05) is 36.0 Å². The molecule has 1 aromatic carbocycles. The first-order chi connectivity index (χ1) is 12.0. The smallest absolute Gasteiger partial charge is 0.223 e. The molecule has 0 unspecified atom stereocenters. The summed E-state index contributed by atoms with van der Waals surface area (Å²) in [7, 11) is 0. The molecule has 134 valence electrons. The molecular formula is C20H27N3OS. The maximum Gasteiger partial charge on any atom is 0.223 e. The van der Waals surface area contributed by atoms with E-state index in [1.54, 1.807) is 11.8 Å². The molecule has 0 spiro atoms. The van der Waals surface area contributed by atoms with Crippen LogP contribution in [0.25, 0.3) is 0 Å². The fraction of sp³-hybridized carbons (Fsp3) is 0.450. The lowest BCUT2D eigenvalue weighted by molar-refractivity contribution is -0.131. The van der Waals surface area contributed by atoms with Gasteiger partial charge in [-0.2, -0.15) is 0 Å². The van der Waals surface area contributed by atoms with E-state index in [4.69, 9.17) is 0 Å². The maximum absolute atomic E-state index is 12.7. The molecule has 0 aliphatic heterocycles. The van der Waals surface area contributed by atoms with Gasteiger partial charge in [0.1, 0.15) is 0 Å². The number of rotatable bonds is 7. The number of nitrogens with zero attached hydrogens (tertiary/aromatic N) is 3. The van der Waals surface area contributed by atoms with E-state index < -0.39 is 0 Å². The summed E-state index contributed by atoms with van der Waals surface area (Å²) < 4.78 is 0. The van der Waals surface area contributed by atoms with Gasteiger partial charge in [-0.3, -0.25) is 4.79 Å². The third kappa shape index (κ3) is 5.05. The molecular weight excluding hydrogens is 330 g/mol. The molecule has 0 saturated heterocycles. The van der Waals surface area contributed by atoms with Crippen LogP contribution in [0, 0.1) is 20.8 Å². The summed E-state index contributed by atoms with van der Waals surface area (Å²) in [6.07, 6.45) is 3.15. The molecule has 0 aliphatic carbocycles. The van der Waals surface area contributed by atoms with Crippen LogP contribution in [0.3, 0.4) is 0 Å². The first-order valence-electron chi connectivity index (χ1n) is 8.66. The van der Waals surface area contributed by atoms with Gasteiger partial charge in [0.2, 0.25) is 5.91 Å². The highest BCUT2D eigenvalue weighted by molar-refractivity contribution is 7.98. The number of aromatic nitrogens is 2. The minimum absolute atomic E-state index is 0.179. The predicted octanol–water partition coefficient (Wildman–Crippen LogP) is 4.11. The lowest BCUT2D eigenvalue weighted by Crippen LogP contribution is -2.30. The van der Waals surface area contributed by atoms with E-state index in [1.807, 2.05) is 44.1 Å². The second-order valence-corrected chi connectivity index (χ2v) is 6.97. The number of hydrogen-bond donors (Lipinski definition) is 0. The highest BCUT2D eigenvalue weighted by Gasteiger charge is 2.15. The van der Waals surface area contributed by atoms with E-state index >= 15 is 0 Å². The summed E-state index contributed by atoms with van der Waals surface area (Å²) in [5.74, 6) is 0.179. The highest BCUT2D eigenvalue weighted by atomic mass is 32.2. The monoisotopic (exact) mass is 357 g/mol. The largest absolute Gasteiger partial charge is 0.339 e. The molecule has 0 bridgehead atoms. The van der Waals surface area contributed by atoms with E-state index in [0.29, 0.717) is 25.9 Å². The lowest BCUT2D eigenvalue weighted by Gasteiger charge is -2.22. The van der Waals surface area contributed by atoms with Crippen LogP contribution in [0.4, 0.5) is 0 Å². The Balaban J connectivity index is 2.04. The third-order valence-corrected chi connectivity index (χ3v) is 5.08. The first kappa shape index (κ1) is 19.4. The Labute approximate surface area is 155 Å². The van der Waals surface area contributed by atoms with Crippen molar-refractivity contribution in [2.45, 2.75) is 52.2 Å². The van der Waals surface area contributed by atoms with Crippen molar-refractivity contribution in [3.63, 3.8) is 0 Å². The number of carbonyl (C=O) groups is 1. The van der Waals surface area contributed by atoms with Crippen molar-refractivity contribution in [2.24, 2.45) is 0 Å². The van der Waals surface area contributed by atoms with Crippen molar-refractivity contribution in [3.05, 3.63) is 52.3 Å². The molecule has 1 heterocycles. The van der Waals surface area contributed by atoms with Crippen LogP contribution in [-0.4, -0.2) is 33.6 Å². The topological polar surface area (TPSA) is 46.1 Å². The number of thioether (sulfide) groups is 1. The second-order valence-electron chi connectivity index (χ2n) is 6.19. The van der Waals surface area contributed by atoms with Gasteiger partial charge >= 0.3 is 0 Å². The highest BCUT2D eigenvalue weighted by Crippen LogP contribution is 2.18. The molecule has 0 radical (unpaired) electrons. The van der Waals surface area contributed by atoms with Gasteiger partial charge in [-0.15, -0.1) is 0 Å². The van der Waals surface area contributed by atoms with E-state index in [9.17, 15) is 4.79 Å². The molecule has 1 aromatic heterocycles. The third-order valence-electron chi connectivity index (χ3n) is 4.53. The molecule has 25 heavy (non-hydrogen) atoms. The Bertz CT molecular complexity index is 722. The standard InChI is InChI=1S/C20H27N3OS/c1-6-23(13-17-10-8-7-9-14(17)2)19(24)12-11-18-15(3)21-20(25-5)22-16(18)4/h7-10H,6,11-13H2,1-5H3. The normalized spacial score (nSPS) is 10.8. The van der Waals surface area contributed by atoms with Gasteiger partial charge in [-0.05, 0) is 57.1 Å². The molecule has 5 heteroatoms. The van der Waals surface area contributed by atoms with Crippen molar-refractivity contribution in [1.29, 1.82) is 0 Å². The van der Waals surface area contributed by atoms with Crippen molar-refractivity contribution in [3.8, 4) is 0 Å². The average Bonchev–Trinajstić information content (AvgIpc) is 2.59. The van der Waals surface area contributed by atoms with Gasteiger partial charge in [-0.25, -0.2) is 9.97 Å². The molecule has 0 N–H and O–H groups in total. The minimum Gasteiger partial charge on any atom is -0.339 e. The molecule has 0 saturated carbocycles. The van der Waals surface area contributed by atoms with Crippen LogP contribution in [0.15, 0.2) is 29.4 Å². The van der Waals surface area contributed by atoms with Gasteiger partial charge in [0, 0.05) is 30.9 Å². The Morgan fingerprint density at radius 2 is 1.76 bits per heavy atom. The average molecular weight is 358 g/mol. The van der Waals surface area contributed by atoms with Crippen molar-refractivity contribution >= 4 is 17.7 Å². The van der Waals surface area contributed by atoms with Crippen molar-refractivity contribution in [1.82, 2.24) is 14.9 Å². The van der Waals surface area contributed by atoms with E-state index in [1.165, 1.54) is 11.1 Å². The zero-order chi connectivity index (χ0) is 18.4. The van der Waals surface area contributed by atoms with Crippen LogP contribution in [0.1, 0.15) is 41.4 Å². The summed E-state index contributed by atoms with van der Waals surface area (Å²) in [5, 5.41) is 0.791. The zero-order valence-corrected chi connectivity index (χ0v) is 16.6. The molecule has 2 rings (SSSR count). The number of benzene rings is 1. The number of amides is 1. The summed E-state index contributed by atoms with van der Waals surface area (Å²) in [5.41, 5.74) is 5.48. The van der Waals surface area contributed by atoms with Gasteiger partial charge in [0.15, 0.2) is 5.16 Å². The maximum atomic E-state index is 12.7. The van der Waals surface area contributed by atoms with Gasteiger partial charge in [0.05, 0.1) is 0 Å². The van der Waals surface area contributed by atoms with Crippen LogP contribution in [0.5, 0.6) is 0 Å². The van der Waals surface area contributed by atoms with Gasteiger partial charge in [0.25, 0.3) is 0 Å². The molecule has 4 nitrogen and oxygen atoms in total. The molecule has 2 aromatic rings. The molecule has 1 amide bonds.